The van der Waals surface area contributed by atoms with E-state index in [0.717, 1.165) is 0 Å². The van der Waals surface area contributed by atoms with E-state index >= 15 is 0 Å². The maximum Gasteiger partial charge on any atom is 0.324 e. The molecule has 6 heteroatoms. The summed E-state index contributed by atoms with van der Waals surface area (Å²) in [6.45, 7) is 4.90. The van der Waals surface area contributed by atoms with Crippen molar-refractivity contribution in [2.24, 2.45) is 11.3 Å². The van der Waals surface area contributed by atoms with Crippen LogP contribution < -0.4 is 0 Å². The lowest BCUT2D eigenvalue weighted by Crippen LogP contribution is -2.47. The number of benzene rings is 1. The molecule has 0 fully saturated rings. The highest BCUT2D eigenvalue weighted by atomic mass is 79.9. The summed E-state index contributed by atoms with van der Waals surface area (Å²) in [5.41, 5.74) is -1.63. The second-order valence-corrected chi connectivity index (χ2v) is 5.98. The molecule has 0 heterocycles. The van der Waals surface area contributed by atoms with Crippen LogP contribution in [0.4, 0.5) is 4.39 Å². The van der Waals surface area contributed by atoms with E-state index in [-0.39, 0.29) is 18.6 Å². The minimum Gasteiger partial charge on any atom is -0.480 e. The Hall–Kier alpha value is -1.43. The quantitative estimate of drug-likeness (QED) is 0.623. The van der Waals surface area contributed by atoms with Crippen molar-refractivity contribution in [3.63, 3.8) is 0 Å². The topological polar surface area (TPSA) is 63.6 Å². The third kappa shape index (κ3) is 3.61. The van der Waals surface area contributed by atoms with Crippen LogP contribution in [0.5, 0.6) is 0 Å². The van der Waals surface area contributed by atoms with Crippen LogP contribution in [0, 0.1) is 17.2 Å². The summed E-state index contributed by atoms with van der Waals surface area (Å²) in [5, 5.41) is 9.57. The third-order valence-corrected chi connectivity index (χ3v) is 3.98. The van der Waals surface area contributed by atoms with E-state index in [2.05, 4.69) is 15.9 Å². The Balaban J connectivity index is 3.30. The van der Waals surface area contributed by atoms with E-state index < -0.39 is 29.1 Å². The highest BCUT2D eigenvalue weighted by Crippen LogP contribution is 2.35. The predicted molar refractivity (Wildman–Crippen MR) is 79.3 cm³/mol. The lowest BCUT2D eigenvalue weighted by molar-refractivity contribution is -0.172. The first-order valence-corrected chi connectivity index (χ1v) is 7.39. The van der Waals surface area contributed by atoms with Crippen molar-refractivity contribution >= 4 is 27.9 Å². The smallest absolute Gasteiger partial charge is 0.324 e. The minimum atomic E-state index is -1.80. The number of carboxylic acids is 1. The van der Waals surface area contributed by atoms with Crippen molar-refractivity contribution in [1.29, 1.82) is 0 Å². The Bertz CT molecular complexity index is 544. The number of halogens is 2. The second kappa shape index (κ2) is 7.02. The van der Waals surface area contributed by atoms with Crippen LogP contribution in [0.2, 0.25) is 0 Å². The predicted octanol–water partition coefficient (Wildman–Crippen LogP) is 3.42. The fourth-order valence-electron chi connectivity index (χ4n) is 2.15. The van der Waals surface area contributed by atoms with Crippen molar-refractivity contribution in [1.82, 2.24) is 0 Å². The Morgan fingerprint density at radius 3 is 2.48 bits per heavy atom. The van der Waals surface area contributed by atoms with Gasteiger partial charge in [-0.15, -0.1) is 0 Å². The summed E-state index contributed by atoms with van der Waals surface area (Å²) >= 11 is 3.14. The van der Waals surface area contributed by atoms with Crippen LogP contribution in [0.25, 0.3) is 0 Å². The van der Waals surface area contributed by atoms with Crippen LogP contribution in [0.3, 0.4) is 0 Å². The molecule has 0 saturated heterocycles. The number of aliphatic carboxylic acids is 1. The molecule has 1 aromatic rings. The molecule has 1 aromatic carbocycles. The zero-order valence-electron chi connectivity index (χ0n) is 12.2. The van der Waals surface area contributed by atoms with Crippen LogP contribution in [0.1, 0.15) is 26.3 Å². The van der Waals surface area contributed by atoms with E-state index in [1.165, 1.54) is 12.1 Å². The molecule has 0 spiro atoms. The largest absolute Gasteiger partial charge is 0.480 e. The number of carbonyl (C=O) groups is 2. The normalized spacial score (nSPS) is 13.8. The summed E-state index contributed by atoms with van der Waals surface area (Å²) in [7, 11) is 0. The van der Waals surface area contributed by atoms with E-state index in [0.29, 0.717) is 4.47 Å². The van der Waals surface area contributed by atoms with Crippen molar-refractivity contribution < 1.29 is 23.8 Å². The van der Waals surface area contributed by atoms with Crippen molar-refractivity contribution in [3.8, 4) is 0 Å². The molecule has 21 heavy (non-hydrogen) atoms. The standard InChI is InChI=1S/C15H18BrFO4/c1-4-21-14(20)15(9(2)3,13(18)19)8-10-5-6-11(16)7-12(10)17/h5-7,9H,4,8H2,1-3H3,(H,18,19). The highest BCUT2D eigenvalue weighted by molar-refractivity contribution is 9.10. The van der Waals surface area contributed by atoms with Crippen molar-refractivity contribution in [2.75, 3.05) is 6.61 Å². The molecule has 0 aliphatic rings. The molecule has 0 aliphatic carbocycles. The Morgan fingerprint density at radius 1 is 1.43 bits per heavy atom. The van der Waals surface area contributed by atoms with Gasteiger partial charge >= 0.3 is 11.9 Å². The van der Waals surface area contributed by atoms with Crippen LogP contribution in [0.15, 0.2) is 22.7 Å². The molecule has 4 nitrogen and oxygen atoms in total. The molecule has 0 saturated carbocycles. The molecule has 1 N–H and O–H groups in total. The zero-order valence-corrected chi connectivity index (χ0v) is 13.7. The molecule has 0 amide bonds. The molecule has 1 unspecified atom stereocenters. The minimum absolute atomic E-state index is 0.0728. The van der Waals surface area contributed by atoms with Gasteiger partial charge in [-0.05, 0) is 30.5 Å². The van der Waals surface area contributed by atoms with E-state index in [1.54, 1.807) is 26.8 Å². The van der Waals surface area contributed by atoms with Gasteiger partial charge in [0.15, 0.2) is 5.41 Å². The Morgan fingerprint density at radius 2 is 2.05 bits per heavy atom. The summed E-state index contributed by atoms with van der Waals surface area (Å²) in [5.74, 6) is -3.25. The number of carboxylic acid groups (broad SMARTS) is 1. The molecule has 0 aromatic heterocycles. The number of hydrogen-bond donors (Lipinski definition) is 1. The van der Waals surface area contributed by atoms with E-state index in [9.17, 15) is 19.1 Å². The maximum atomic E-state index is 14.0. The molecule has 1 rings (SSSR count). The molecule has 0 aliphatic heterocycles. The van der Waals surface area contributed by atoms with Crippen molar-refractivity contribution in [2.45, 2.75) is 27.2 Å². The SMILES string of the molecule is CCOC(=O)C(Cc1ccc(Br)cc1F)(C(=O)O)C(C)C. The number of hydrogen-bond acceptors (Lipinski definition) is 3. The van der Waals surface area contributed by atoms with Gasteiger partial charge in [0.25, 0.3) is 0 Å². The molecule has 116 valence electrons. The molecule has 0 bridgehead atoms. The highest BCUT2D eigenvalue weighted by Gasteiger charge is 2.50. The van der Waals surface area contributed by atoms with Gasteiger partial charge in [-0.25, -0.2) is 4.39 Å². The van der Waals surface area contributed by atoms with Crippen LogP contribution >= 0.6 is 15.9 Å². The average molecular weight is 361 g/mol. The molecule has 0 radical (unpaired) electrons. The molecular formula is C15H18BrFO4. The lowest BCUT2D eigenvalue weighted by atomic mass is 9.72. The van der Waals surface area contributed by atoms with E-state index in [4.69, 9.17) is 4.74 Å². The number of ether oxygens (including phenoxy) is 1. The van der Waals surface area contributed by atoms with Crippen molar-refractivity contribution in [3.05, 3.63) is 34.1 Å². The van der Waals surface area contributed by atoms with Gasteiger partial charge in [-0.3, -0.25) is 9.59 Å². The summed E-state index contributed by atoms with van der Waals surface area (Å²) in [4.78, 5) is 23.9. The lowest BCUT2D eigenvalue weighted by Gasteiger charge is -2.31. The van der Waals surface area contributed by atoms with Gasteiger partial charge in [0.05, 0.1) is 6.61 Å². The second-order valence-electron chi connectivity index (χ2n) is 5.06. The van der Waals surface area contributed by atoms with Gasteiger partial charge < -0.3 is 9.84 Å². The Labute approximate surface area is 131 Å². The Kier molecular flexibility index (Phi) is 5.89. The molecule has 1 atom stereocenters. The first-order chi connectivity index (χ1) is 9.75. The van der Waals surface area contributed by atoms with Crippen LogP contribution in [-0.2, 0) is 20.7 Å². The monoisotopic (exact) mass is 360 g/mol. The third-order valence-electron chi connectivity index (χ3n) is 3.49. The fourth-order valence-corrected chi connectivity index (χ4v) is 2.48. The fraction of sp³-hybridized carbons (Fsp3) is 0.467. The van der Waals surface area contributed by atoms with Gasteiger partial charge in [-0.1, -0.05) is 35.8 Å². The van der Waals surface area contributed by atoms with E-state index in [1.807, 2.05) is 0 Å². The number of esters is 1. The maximum absolute atomic E-state index is 14.0. The summed E-state index contributed by atoms with van der Waals surface area (Å²) in [6.07, 6.45) is -0.252. The summed E-state index contributed by atoms with van der Waals surface area (Å²) < 4.78 is 19.4. The number of carbonyl (C=O) groups excluding carboxylic acids is 1. The first-order valence-electron chi connectivity index (χ1n) is 6.60. The van der Waals surface area contributed by atoms with Gasteiger partial charge in [0, 0.05) is 10.9 Å². The van der Waals surface area contributed by atoms with Gasteiger partial charge in [-0.2, -0.15) is 0 Å². The van der Waals surface area contributed by atoms with Crippen LogP contribution in [-0.4, -0.2) is 23.7 Å². The molecular weight excluding hydrogens is 343 g/mol. The van der Waals surface area contributed by atoms with Gasteiger partial charge in [0.1, 0.15) is 5.82 Å². The number of rotatable bonds is 6. The zero-order chi connectivity index (χ0) is 16.2. The average Bonchev–Trinajstić information content (AvgIpc) is 2.37. The summed E-state index contributed by atoms with van der Waals surface area (Å²) in [6, 6.07) is 4.32. The first kappa shape index (κ1) is 17.6. The van der Waals surface area contributed by atoms with Gasteiger partial charge in [0.2, 0.25) is 0 Å².